The van der Waals surface area contributed by atoms with E-state index in [1.165, 1.54) is 19.3 Å². The minimum atomic E-state index is -0.346. The number of amides is 1. The fourth-order valence-electron chi connectivity index (χ4n) is 2.81. The van der Waals surface area contributed by atoms with E-state index in [-0.39, 0.29) is 18.4 Å². The number of phenolic OH excluding ortho intramolecular Hbond substituents is 1. The van der Waals surface area contributed by atoms with Gasteiger partial charge in [0.05, 0.1) is 13.3 Å². The van der Waals surface area contributed by atoms with E-state index >= 15 is 0 Å². The van der Waals surface area contributed by atoms with E-state index in [9.17, 15) is 9.90 Å². The van der Waals surface area contributed by atoms with Gasteiger partial charge < -0.3 is 24.6 Å². The highest BCUT2D eigenvalue weighted by Crippen LogP contribution is 2.37. The fourth-order valence-corrected chi connectivity index (χ4v) is 2.81. The number of hydrogen-bond donors (Lipinski definition) is 3. The predicted molar refractivity (Wildman–Crippen MR) is 102 cm³/mol. The number of benzene rings is 2. The van der Waals surface area contributed by atoms with Crippen LogP contribution in [0.1, 0.15) is 5.56 Å². The molecule has 0 saturated carbocycles. The molecule has 0 radical (unpaired) electrons. The summed E-state index contributed by atoms with van der Waals surface area (Å²) in [5.41, 5.74) is 2.22. The van der Waals surface area contributed by atoms with E-state index in [0.717, 1.165) is 11.1 Å². The molecule has 0 bridgehead atoms. The molecule has 0 spiro atoms. The number of methoxy groups -OCH3 is 1. The number of carbonyl (C=O) groups is 1. The number of ether oxygens (including phenoxy) is 3. The van der Waals surface area contributed by atoms with Crippen LogP contribution in [0.5, 0.6) is 23.0 Å². The molecule has 0 aliphatic carbocycles. The van der Waals surface area contributed by atoms with E-state index in [4.69, 9.17) is 14.2 Å². The Morgan fingerprint density at radius 2 is 2.11 bits per heavy atom. The largest absolute Gasteiger partial charge is 0.504 e. The lowest BCUT2D eigenvalue weighted by Gasteiger charge is -2.05. The van der Waals surface area contributed by atoms with E-state index in [1.807, 2.05) is 18.2 Å². The van der Waals surface area contributed by atoms with Crippen molar-refractivity contribution in [2.75, 3.05) is 19.2 Å². The molecule has 3 N–H and O–H groups in total. The Hall–Kier alpha value is -3.94. The number of rotatable bonds is 5. The molecule has 1 aromatic heterocycles. The topological polar surface area (TPSA) is 106 Å². The highest BCUT2D eigenvalue weighted by molar-refractivity contribution is 6.03. The van der Waals surface area contributed by atoms with Crippen molar-refractivity contribution in [1.29, 1.82) is 0 Å². The molecule has 2 aromatic carbocycles. The summed E-state index contributed by atoms with van der Waals surface area (Å²) >= 11 is 0. The van der Waals surface area contributed by atoms with Crippen LogP contribution in [0.15, 0.2) is 48.7 Å². The molecule has 1 aliphatic heterocycles. The van der Waals surface area contributed by atoms with Crippen molar-refractivity contribution in [3.8, 4) is 34.1 Å². The molecule has 0 atom stereocenters. The second kappa shape index (κ2) is 7.36. The van der Waals surface area contributed by atoms with Crippen LogP contribution in [0.2, 0.25) is 0 Å². The van der Waals surface area contributed by atoms with Gasteiger partial charge >= 0.3 is 0 Å². The lowest BCUT2D eigenvalue weighted by atomic mass is 10.1. The first-order chi connectivity index (χ1) is 13.6. The highest BCUT2D eigenvalue weighted by atomic mass is 16.7. The lowest BCUT2D eigenvalue weighted by Crippen LogP contribution is -2.09. The molecule has 1 amide bonds. The van der Waals surface area contributed by atoms with Gasteiger partial charge in [0.15, 0.2) is 23.0 Å². The molecular weight excluding hydrogens is 362 g/mol. The summed E-state index contributed by atoms with van der Waals surface area (Å²) in [6.07, 6.45) is 4.58. The van der Waals surface area contributed by atoms with Crippen molar-refractivity contribution < 1.29 is 24.1 Å². The van der Waals surface area contributed by atoms with E-state index in [0.29, 0.717) is 28.6 Å². The summed E-state index contributed by atoms with van der Waals surface area (Å²) in [6, 6.07) is 10.4. The number of nitrogens with one attached hydrogen (secondary N) is 2. The maximum absolute atomic E-state index is 12.3. The van der Waals surface area contributed by atoms with Gasteiger partial charge in [-0.2, -0.15) is 5.10 Å². The van der Waals surface area contributed by atoms with Crippen molar-refractivity contribution in [2.45, 2.75) is 0 Å². The van der Waals surface area contributed by atoms with Gasteiger partial charge in [0.2, 0.25) is 12.7 Å². The maximum Gasteiger partial charge on any atom is 0.249 e. The number of hydrogen-bond acceptors (Lipinski definition) is 6. The van der Waals surface area contributed by atoms with Gasteiger partial charge in [-0.1, -0.05) is 12.1 Å². The van der Waals surface area contributed by atoms with Gasteiger partial charge in [-0.05, 0) is 41.5 Å². The van der Waals surface area contributed by atoms with Gasteiger partial charge in [-0.3, -0.25) is 9.89 Å². The number of carbonyl (C=O) groups excluding carboxylic acids is 1. The van der Waals surface area contributed by atoms with Crippen LogP contribution >= 0.6 is 0 Å². The molecular formula is C20H17N3O5. The third-order valence-electron chi connectivity index (χ3n) is 4.20. The Morgan fingerprint density at radius 3 is 2.93 bits per heavy atom. The minimum absolute atomic E-state index is 0.00344. The summed E-state index contributed by atoms with van der Waals surface area (Å²) in [7, 11) is 1.47. The Balaban J connectivity index is 1.49. The number of H-pyrrole nitrogens is 1. The van der Waals surface area contributed by atoms with Gasteiger partial charge in [0.25, 0.3) is 0 Å². The van der Waals surface area contributed by atoms with Crippen molar-refractivity contribution in [1.82, 2.24) is 10.2 Å². The predicted octanol–water partition coefficient (Wildman–Crippen LogP) is 3.17. The molecule has 0 unspecified atom stereocenters. The Labute approximate surface area is 160 Å². The second-order valence-electron chi connectivity index (χ2n) is 5.98. The number of aromatic nitrogens is 2. The molecule has 3 aromatic rings. The van der Waals surface area contributed by atoms with Crippen molar-refractivity contribution in [3.05, 3.63) is 54.2 Å². The number of phenols is 1. The van der Waals surface area contributed by atoms with Crippen LogP contribution in [0.4, 0.5) is 5.82 Å². The molecule has 0 fully saturated rings. The summed E-state index contributed by atoms with van der Waals surface area (Å²) in [4.78, 5) is 12.3. The number of nitrogens with zero attached hydrogens (tertiary/aromatic N) is 1. The van der Waals surface area contributed by atoms with Crippen LogP contribution in [0.3, 0.4) is 0 Å². The summed E-state index contributed by atoms with van der Waals surface area (Å²) in [6.45, 7) is 0.194. The third-order valence-corrected chi connectivity index (χ3v) is 4.20. The average molecular weight is 379 g/mol. The number of fused-ring (bicyclic) bond motifs is 1. The number of anilines is 1. The summed E-state index contributed by atoms with van der Waals surface area (Å²) in [5.74, 6) is 1.82. The fraction of sp³-hybridized carbons (Fsp3) is 0.100. The molecule has 1 aliphatic rings. The van der Waals surface area contributed by atoms with Gasteiger partial charge in [0.1, 0.15) is 5.82 Å². The lowest BCUT2D eigenvalue weighted by molar-refractivity contribution is -0.111. The van der Waals surface area contributed by atoms with Crippen molar-refractivity contribution in [3.63, 3.8) is 0 Å². The molecule has 2 heterocycles. The van der Waals surface area contributed by atoms with Crippen LogP contribution in [-0.2, 0) is 4.79 Å². The molecule has 142 valence electrons. The Morgan fingerprint density at radius 1 is 1.25 bits per heavy atom. The van der Waals surface area contributed by atoms with E-state index < -0.39 is 0 Å². The van der Waals surface area contributed by atoms with Crippen LogP contribution in [0.25, 0.3) is 17.2 Å². The zero-order valence-electron chi connectivity index (χ0n) is 14.9. The Bertz CT molecular complexity index is 1060. The van der Waals surface area contributed by atoms with Crippen LogP contribution in [-0.4, -0.2) is 35.1 Å². The normalized spacial score (nSPS) is 12.3. The molecule has 8 nitrogen and oxygen atoms in total. The van der Waals surface area contributed by atoms with E-state index in [1.54, 1.807) is 24.4 Å². The molecule has 8 heteroatoms. The second-order valence-corrected chi connectivity index (χ2v) is 5.98. The summed E-state index contributed by atoms with van der Waals surface area (Å²) in [5, 5.41) is 19.4. The van der Waals surface area contributed by atoms with Crippen molar-refractivity contribution >= 4 is 17.8 Å². The first-order valence-corrected chi connectivity index (χ1v) is 8.43. The zero-order chi connectivity index (χ0) is 19.5. The van der Waals surface area contributed by atoms with Gasteiger partial charge in [-0.25, -0.2) is 0 Å². The average Bonchev–Trinajstić information content (AvgIpc) is 3.35. The van der Waals surface area contributed by atoms with Crippen LogP contribution in [0, 0.1) is 0 Å². The van der Waals surface area contributed by atoms with Crippen molar-refractivity contribution in [2.24, 2.45) is 0 Å². The maximum atomic E-state index is 12.3. The Kier molecular flexibility index (Phi) is 4.59. The first-order valence-electron chi connectivity index (χ1n) is 8.43. The minimum Gasteiger partial charge on any atom is -0.504 e. The molecule has 4 rings (SSSR count). The molecule has 0 saturated heterocycles. The molecule has 28 heavy (non-hydrogen) atoms. The number of aromatic hydroxyl groups is 1. The highest BCUT2D eigenvalue weighted by Gasteiger charge is 2.16. The first kappa shape index (κ1) is 17.5. The number of aromatic amines is 1. The third kappa shape index (κ3) is 3.48. The monoisotopic (exact) mass is 379 g/mol. The zero-order valence-corrected chi connectivity index (χ0v) is 14.9. The van der Waals surface area contributed by atoms with Gasteiger partial charge in [-0.15, -0.1) is 0 Å². The smallest absolute Gasteiger partial charge is 0.249 e. The van der Waals surface area contributed by atoms with Gasteiger partial charge in [0, 0.05) is 11.6 Å². The van der Waals surface area contributed by atoms with Crippen LogP contribution < -0.4 is 19.5 Å². The quantitative estimate of drug-likeness (QED) is 0.588. The van der Waals surface area contributed by atoms with E-state index in [2.05, 4.69) is 15.5 Å². The SMILES string of the molecule is COc1ccc(/C=C/C(=O)Nc2[nH]ncc2-c2ccc3c(c2)OCO3)cc1O. The standard InChI is InChI=1S/C20H17N3O5/c1-26-16-5-2-12(8-15(16)24)3-7-19(25)22-20-14(10-21-23-20)13-4-6-17-18(9-13)28-11-27-17/h2-10,24H,11H2,1H3,(H2,21,22,23,25)/b7-3+. The summed E-state index contributed by atoms with van der Waals surface area (Å²) < 4.78 is 15.7.